The van der Waals surface area contributed by atoms with E-state index in [4.69, 9.17) is 4.74 Å². The van der Waals surface area contributed by atoms with Gasteiger partial charge in [-0.1, -0.05) is 40.2 Å². The largest absolute Gasteiger partial charge is 0.487 e. The summed E-state index contributed by atoms with van der Waals surface area (Å²) in [6.07, 6.45) is 2.39. The summed E-state index contributed by atoms with van der Waals surface area (Å²) >= 11 is 5.16. The van der Waals surface area contributed by atoms with Crippen LogP contribution in [0.4, 0.5) is 0 Å². The Hall–Kier alpha value is -1.69. The van der Waals surface area contributed by atoms with Crippen molar-refractivity contribution in [1.82, 2.24) is 10.3 Å². The quantitative estimate of drug-likeness (QED) is 0.533. The maximum atomic E-state index is 5.82. The van der Waals surface area contributed by atoms with Crippen LogP contribution in [0, 0.1) is 6.92 Å². The number of ether oxygens (including phenoxy) is 1. The van der Waals surface area contributed by atoms with Crippen molar-refractivity contribution in [2.45, 2.75) is 38.5 Å². The van der Waals surface area contributed by atoms with Crippen LogP contribution in [0.5, 0.6) is 5.75 Å². The first-order valence-corrected chi connectivity index (χ1v) is 10.4. The molecule has 4 rings (SSSR count). The maximum absolute atomic E-state index is 5.82. The zero-order valence-electron chi connectivity index (χ0n) is 14.7. The van der Waals surface area contributed by atoms with Gasteiger partial charge in [0, 0.05) is 21.9 Å². The molecule has 1 aliphatic rings. The van der Waals surface area contributed by atoms with Gasteiger partial charge in [-0.15, -0.1) is 11.3 Å². The fourth-order valence-corrected chi connectivity index (χ4v) is 3.93. The summed E-state index contributed by atoms with van der Waals surface area (Å²) in [4.78, 5) is 4.42. The van der Waals surface area contributed by atoms with Gasteiger partial charge in [-0.25, -0.2) is 4.98 Å². The van der Waals surface area contributed by atoms with Gasteiger partial charge in [-0.2, -0.15) is 0 Å². The minimum absolute atomic E-state index is 0.151. The summed E-state index contributed by atoms with van der Waals surface area (Å²) in [5, 5.41) is 6.86. The van der Waals surface area contributed by atoms with Gasteiger partial charge < -0.3 is 10.1 Å². The van der Waals surface area contributed by atoms with Crippen molar-refractivity contribution in [3.8, 4) is 5.75 Å². The monoisotopic (exact) mass is 428 g/mol. The summed E-state index contributed by atoms with van der Waals surface area (Å²) in [6, 6.07) is 17.0. The number of benzene rings is 2. The Morgan fingerprint density at radius 2 is 1.85 bits per heavy atom. The molecule has 0 saturated heterocycles. The summed E-state index contributed by atoms with van der Waals surface area (Å²) in [6.45, 7) is 3.40. The smallest absolute Gasteiger partial charge is 0.131 e. The molecule has 0 spiro atoms. The van der Waals surface area contributed by atoms with Gasteiger partial charge in [-0.05, 0) is 55.2 Å². The second-order valence-corrected chi connectivity index (χ2v) is 8.71. The molecule has 2 aromatic carbocycles. The Kier molecular flexibility index (Phi) is 5.11. The number of aromatic nitrogens is 1. The molecule has 1 aromatic heterocycles. The highest BCUT2D eigenvalue weighted by Gasteiger charge is 2.43. The molecular weight excluding hydrogens is 408 g/mol. The molecule has 1 fully saturated rings. The highest BCUT2D eigenvalue weighted by atomic mass is 79.9. The molecule has 1 aliphatic carbocycles. The first-order valence-electron chi connectivity index (χ1n) is 8.77. The van der Waals surface area contributed by atoms with E-state index in [-0.39, 0.29) is 5.54 Å². The van der Waals surface area contributed by atoms with Crippen LogP contribution in [0.25, 0.3) is 0 Å². The lowest BCUT2D eigenvalue weighted by molar-refractivity contribution is 0.302. The number of hydrogen-bond acceptors (Lipinski definition) is 4. The summed E-state index contributed by atoms with van der Waals surface area (Å²) in [5.41, 5.74) is 3.78. The van der Waals surface area contributed by atoms with Gasteiger partial charge in [0.05, 0.1) is 10.7 Å². The van der Waals surface area contributed by atoms with Gasteiger partial charge in [0.1, 0.15) is 12.4 Å². The Bertz CT molecular complexity index is 870. The van der Waals surface area contributed by atoms with Crippen molar-refractivity contribution in [2.75, 3.05) is 0 Å². The molecule has 0 atom stereocenters. The second-order valence-electron chi connectivity index (χ2n) is 6.73. The van der Waals surface area contributed by atoms with Crippen LogP contribution < -0.4 is 10.1 Å². The number of halogens is 1. The van der Waals surface area contributed by atoms with Gasteiger partial charge in [0.2, 0.25) is 0 Å². The van der Waals surface area contributed by atoms with E-state index in [1.807, 2.05) is 24.4 Å². The average molecular weight is 429 g/mol. The molecule has 1 heterocycles. The normalized spacial score (nSPS) is 15.0. The zero-order valence-corrected chi connectivity index (χ0v) is 17.1. The van der Waals surface area contributed by atoms with E-state index in [9.17, 15) is 0 Å². The molecule has 1 N–H and O–H groups in total. The van der Waals surface area contributed by atoms with E-state index in [1.54, 1.807) is 11.3 Å². The lowest BCUT2D eigenvalue weighted by Crippen LogP contribution is -2.28. The van der Waals surface area contributed by atoms with Crippen LogP contribution in [0.1, 0.15) is 34.7 Å². The molecule has 134 valence electrons. The lowest BCUT2D eigenvalue weighted by atomic mass is 10.0. The first kappa shape index (κ1) is 17.7. The van der Waals surface area contributed by atoms with E-state index < -0.39 is 0 Å². The molecule has 3 aromatic rings. The molecule has 3 nitrogen and oxygen atoms in total. The summed E-state index contributed by atoms with van der Waals surface area (Å²) in [7, 11) is 0. The minimum Gasteiger partial charge on any atom is -0.487 e. The predicted octanol–water partition coefficient (Wildman–Crippen LogP) is 5.57. The summed E-state index contributed by atoms with van der Waals surface area (Å²) in [5.74, 6) is 0.883. The van der Waals surface area contributed by atoms with Gasteiger partial charge in [-0.3, -0.25) is 0 Å². The van der Waals surface area contributed by atoms with E-state index >= 15 is 0 Å². The molecule has 1 saturated carbocycles. The van der Waals surface area contributed by atoms with E-state index in [1.165, 1.54) is 24.0 Å². The molecule has 5 heteroatoms. The average Bonchev–Trinajstić information content (AvgIpc) is 3.34. The molecular formula is C21H21BrN2OS. The third kappa shape index (κ3) is 4.17. The molecule has 0 bridgehead atoms. The number of rotatable bonds is 7. The van der Waals surface area contributed by atoms with Crippen molar-refractivity contribution >= 4 is 27.3 Å². The third-order valence-corrected chi connectivity index (χ3v) is 6.11. The van der Waals surface area contributed by atoms with Crippen LogP contribution in [-0.2, 0) is 18.7 Å². The Labute approximate surface area is 166 Å². The van der Waals surface area contributed by atoms with Crippen molar-refractivity contribution in [3.05, 3.63) is 80.2 Å². The van der Waals surface area contributed by atoms with E-state index in [2.05, 4.69) is 62.6 Å². The number of nitrogens with zero attached hydrogens (tertiary/aromatic N) is 1. The van der Waals surface area contributed by atoms with Gasteiger partial charge in [0.25, 0.3) is 0 Å². The van der Waals surface area contributed by atoms with Crippen LogP contribution in [0.15, 0.2) is 58.4 Å². The minimum atomic E-state index is 0.151. The standard InChI is InChI=1S/C21H21BrN2OS/c1-15-24-19(14-26-15)13-25-20-8-2-16(3-9-20)12-23-21(10-11-21)17-4-6-18(22)7-5-17/h2-9,14,23H,10-13H2,1H3. The third-order valence-electron chi connectivity index (χ3n) is 4.75. The van der Waals surface area contributed by atoms with Crippen molar-refractivity contribution in [1.29, 1.82) is 0 Å². The second kappa shape index (κ2) is 7.51. The fourth-order valence-electron chi connectivity index (χ4n) is 3.07. The number of aryl methyl sites for hydroxylation is 1. The van der Waals surface area contributed by atoms with Gasteiger partial charge in [0.15, 0.2) is 0 Å². The fraction of sp³-hybridized carbons (Fsp3) is 0.286. The summed E-state index contributed by atoms with van der Waals surface area (Å²) < 4.78 is 6.94. The number of nitrogens with one attached hydrogen (secondary N) is 1. The predicted molar refractivity (Wildman–Crippen MR) is 110 cm³/mol. The van der Waals surface area contributed by atoms with Crippen LogP contribution in [0.3, 0.4) is 0 Å². The highest BCUT2D eigenvalue weighted by Crippen LogP contribution is 2.45. The maximum Gasteiger partial charge on any atom is 0.131 e. The molecule has 26 heavy (non-hydrogen) atoms. The van der Waals surface area contributed by atoms with Crippen molar-refractivity contribution in [3.63, 3.8) is 0 Å². The van der Waals surface area contributed by atoms with Gasteiger partial charge >= 0.3 is 0 Å². The van der Waals surface area contributed by atoms with Crippen LogP contribution in [-0.4, -0.2) is 4.98 Å². The number of thiazole rings is 1. The highest BCUT2D eigenvalue weighted by molar-refractivity contribution is 9.10. The molecule has 0 radical (unpaired) electrons. The SMILES string of the molecule is Cc1nc(COc2ccc(CNC3(c4ccc(Br)cc4)CC3)cc2)cs1. The number of hydrogen-bond donors (Lipinski definition) is 1. The van der Waals surface area contributed by atoms with Crippen molar-refractivity contribution in [2.24, 2.45) is 0 Å². The molecule has 0 aliphatic heterocycles. The molecule has 0 unspecified atom stereocenters. The topological polar surface area (TPSA) is 34.1 Å². The van der Waals surface area contributed by atoms with Crippen molar-refractivity contribution < 1.29 is 4.74 Å². The zero-order chi connectivity index (χ0) is 18.0. The van der Waals surface area contributed by atoms with E-state index in [0.29, 0.717) is 6.61 Å². The van der Waals surface area contributed by atoms with E-state index in [0.717, 1.165) is 27.5 Å². The Balaban J connectivity index is 1.32. The van der Waals surface area contributed by atoms with Crippen LogP contribution >= 0.6 is 27.3 Å². The van der Waals surface area contributed by atoms with Crippen LogP contribution in [0.2, 0.25) is 0 Å². The Morgan fingerprint density at radius 3 is 2.46 bits per heavy atom. The lowest BCUT2D eigenvalue weighted by Gasteiger charge is -2.18. The molecule has 0 amide bonds. The Morgan fingerprint density at radius 1 is 1.12 bits per heavy atom. The first-order chi connectivity index (χ1) is 12.6.